The van der Waals surface area contributed by atoms with Crippen molar-refractivity contribution in [3.63, 3.8) is 0 Å². The van der Waals surface area contributed by atoms with Crippen molar-refractivity contribution in [2.45, 2.75) is 25.5 Å². The van der Waals surface area contributed by atoms with Gasteiger partial charge in [-0.05, 0) is 59.0 Å². The number of non-ortho nitro benzene ring substituents is 1. The average Bonchev–Trinajstić information content (AvgIpc) is 3.45. The zero-order valence-corrected chi connectivity index (χ0v) is 27.3. The van der Waals surface area contributed by atoms with Crippen molar-refractivity contribution in [3.05, 3.63) is 124 Å². The molecule has 5 rings (SSSR count). The van der Waals surface area contributed by atoms with Gasteiger partial charge in [0.25, 0.3) is 5.69 Å². The number of ether oxygens (including phenoxy) is 3. The van der Waals surface area contributed by atoms with Gasteiger partial charge in [0, 0.05) is 23.7 Å². The molecule has 0 saturated heterocycles. The number of rotatable bonds is 13. The van der Waals surface area contributed by atoms with E-state index >= 15 is 0 Å². The fourth-order valence-electron chi connectivity index (χ4n) is 5.27. The van der Waals surface area contributed by atoms with Crippen molar-refractivity contribution in [2.24, 2.45) is 0 Å². The zero-order chi connectivity index (χ0) is 36.3. The third-order valence-electron chi connectivity index (χ3n) is 7.77. The number of carbonyl (C=O) groups is 5. The van der Waals surface area contributed by atoms with E-state index in [-0.39, 0.29) is 37.1 Å². The fraction of sp³-hybridized carbons (Fsp3) is 0.194. The monoisotopic (exact) mass is 695 g/mol. The second-order valence-electron chi connectivity index (χ2n) is 11.3. The normalized spacial score (nSPS) is 11.9. The summed E-state index contributed by atoms with van der Waals surface area (Å²) < 4.78 is 15.4. The number of anilines is 1. The summed E-state index contributed by atoms with van der Waals surface area (Å²) in [4.78, 5) is 71.6. The van der Waals surface area contributed by atoms with Crippen LogP contribution >= 0.6 is 0 Å². The van der Waals surface area contributed by atoms with Crippen molar-refractivity contribution >= 4 is 41.3 Å². The van der Waals surface area contributed by atoms with Crippen LogP contribution in [0.4, 0.5) is 21.0 Å². The molecule has 4 aromatic rings. The summed E-state index contributed by atoms with van der Waals surface area (Å²) in [6, 6.07) is 26.1. The van der Waals surface area contributed by atoms with Crippen molar-refractivity contribution < 1.29 is 43.1 Å². The van der Waals surface area contributed by atoms with Crippen molar-refractivity contribution in [1.29, 1.82) is 0 Å². The number of amides is 4. The Labute approximate surface area is 291 Å². The standard InChI is InChI=1S/C36H33N5O10/c1-22(39-32(42)19-38-35(45)49-21-31-29-8-4-2-6-27(29)28-7-3-5-9-30(28)31)34(44)37-18-33(43)40-24-12-10-23(11-13-24)20-50-36(46)51-26-16-14-25(15-17-26)41(47)48/h2-17,22,31H,18-21H2,1H3,(H,37,44)(H,38,45)(H,39,42)(H,40,43)/t22-/m0/s1. The molecule has 15 heteroatoms. The molecule has 0 aliphatic heterocycles. The van der Waals surface area contributed by atoms with Gasteiger partial charge in [0.1, 0.15) is 31.5 Å². The van der Waals surface area contributed by atoms with Gasteiger partial charge in [-0.15, -0.1) is 0 Å². The lowest BCUT2D eigenvalue weighted by Crippen LogP contribution is -2.49. The van der Waals surface area contributed by atoms with E-state index in [4.69, 9.17) is 14.2 Å². The van der Waals surface area contributed by atoms with Gasteiger partial charge < -0.3 is 35.5 Å². The number of alkyl carbamates (subject to hydrolysis) is 1. The first-order chi connectivity index (χ1) is 24.6. The van der Waals surface area contributed by atoms with Crippen LogP contribution in [0.2, 0.25) is 0 Å². The Hall–Kier alpha value is -6.77. The van der Waals surface area contributed by atoms with Gasteiger partial charge in [0.15, 0.2) is 0 Å². The molecule has 15 nitrogen and oxygen atoms in total. The predicted molar refractivity (Wildman–Crippen MR) is 183 cm³/mol. The van der Waals surface area contributed by atoms with E-state index in [9.17, 15) is 34.1 Å². The lowest BCUT2D eigenvalue weighted by atomic mass is 9.98. The van der Waals surface area contributed by atoms with Gasteiger partial charge in [-0.2, -0.15) is 0 Å². The third-order valence-corrected chi connectivity index (χ3v) is 7.77. The lowest BCUT2D eigenvalue weighted by molar-refractivity contribution is -0.384. The van der Waals surface area contributed by atoms with Crippen molar-refractivity contribution in [1.82, 2.24) is 16.0 Å². The molecule has 0 radical (unpaired) electrons. The molecule has 0 aromatic heterocycles. The molecular weight excluding hydrogens is 662 g/mol. The third kappa shape index (κ3) is 9.66. The average molecular weight is 696 g/mol. The number of nitro benzene ring substituents is 1. The Kier molecular flexibility index (Phi) is 11.5. The van der Waals surface area contributed by atoms with Crippen molar-refractivity contribution in [2.75, 3.05) is 25.0 Å². The molecule has 1 aliphatic rings. The number of nitrogens with one attached hydrogen (secondary N) is 4. The molecule has 4 aromatic carbocycles. The maximum atomic E-state index is 12.5. The quantitative estimate of drug-likeness (QED) is 0.0671. The van der Waals surface area contributed by atoms with Crippen LogP contribution in [0, 0.1) is 10.1 Å². The molecule has 0 unspecified atom stereocenters. The molecule has 0 spiro atoms. The highest BCUT2D eigenvalue weighted by Crippen LogP contribution is 2.44. The van der Waals surface area contributed by atoms with Crippen LogP contribution in [-0.4, -0.2) is 60.6 Å². The second kappa shape index (κ2) is 16.6. The summed E-state index contributed by atoms with van der Waals surface area (Å²) in [6.45, 7) is 0.583. The second-order valence-corrected chi connectivity index (χ2v) is 11.3. The van der Waals surface area contributed by atoms with Gasteiger partial charge in [0.05, 0.1) is 11.5 Å². The molecule has 0 saturated carbocycles. The lowest BCUT2D eigenvalue weighted by Gasteiger charge is -2.16. The largest absolute Gasteiger partial charge is 0.514 e. The first-order valence-electron chi connectivity index (χ1n) is 15.7. The number of hydrogen-bond donors (Lipinski definition) is 4. The SMILES string of the molecule is C[C@H](NC(=O)CNC(=O)OCC1c2ccccc2-c2ccccc21)C(=O)NCC(=O)Nc1ccc(COC(=O)Oc2ccc([N+](=O)[O-])cc2)cc1. The molecule has 0 bridgehead atoms. The first kappa shape index (κ1) is 35.5. The summed E-state index contributed by atoms with van der Waals surface area (Å²) in [7, 11) is 0. The summed E-state index contributed by atoms with van der Waals surface area (Å²) in [6.07, 6.45) is -1.78. The molecule has 0 heterocycles. The van der Waals surface area contributed by atoms with Crippen LogP contribution in [0.5, 0.6) is 5.75 Å². The molecule has 51 heavy (non-hydrogen) atoms. The Morgan fingerprint density at radius 1 is 0.765 bits per heavy atom. The summed E-state index contributed by atoms with van der Waals surface area (Å²) in [5.74, 6) is -1.83. The van der Waals surface area contributed by atoms with Crippen LogP contribution in [0.25, 0.3) is 11.1 Å². The van der Waals surface area contributed by atoms with E-state index in [1.807, 2.05) is 48.5 Å². The number of nitrogens with zero attached hydrogens (tertiary/aromatic N) is 1. The van der Waals surface area contributed by atoms with Gasteiger partial charge >= 0.3 is 12.2 Å². The Morgan fingerprint density at radius 2 is 1.37 bits per heavy atom. The van der Waals surface area contributed by atoms with Gasteiger partial charge in [-0.3, -0.25) is 24.5 Å². The molecule has 1 atom stereocenters. The van der Waals surface area contributed by atoms with E-state index in [1.165, 1.54) is 31.2 Å². The molecule has 4 amide bonds. The highest BCUT2D eigenvalue weighted by molar-refractivity contribution is 5.96. The summed E-state index contributed by atoms with van der Waals surface area (Å²) in [5.41, 5.74) is 5.14. The van der Waals surface area contributed by atoms with Crippen LogP contribution in [-0.2, 0) is 30.5 Å². The van der Waals surface area contributed by atoms with Gasteiger partial charge in [-0.1, -0.05) is 60.7 Å². The molecule has 262 valence electrons. The minimum atomic E-state index is -1.01. The zero-order valence-electron chi connectivity index (χ0n) is 27.3. The van der Waals surface area contributed by atoms with Crippen LogP contribution in [0.15, 0.2) is 97.1 Å². The highest BCUT2D eigenvalue weighted by Gasteiger charge is 2.29. The van der Waals surface area contributed by atoms with E-state index in [1.54, 1.807) is 24.3 Å². The first-order valence-corrected chi connectivity index (χ1v) is 15.7. The Morgan fingerprint density at radius 3 is 2.00 bits per heavy atom. The van der Waals surface area contributed by atoms with Crippen LogP contribution < -0.4 is 26.0 Å². The maximum absolute atomic E-state index is 12.5. The number of benzene rings is 4. The number of nitro groups is 1. The molecule has 0 fully saturated rings. The Balaban J connectivity index is 0.961. The van der Waals surface area contributed by atoms with Crippen LogP contribution in [0.3, 0.4) is 0 Å². The van der Waals surface area contributed by atoms with Crippen LogP contribution in [0.1, 0.15) is 29.5 Å². The highest BCUT2D eigenvalue weighted by atomic mass is 16.7. The minimum absolute atomic E-state index is 0.0793. The smallest absolute Gasteiger partial charge is 0.449 e. The van der Waals surface area contributed by atoms with E-state index in [0.29, 0.717) is 11.3 Å². The van der Waals surface area contributed by atoms with Gasteiger partial charge in [0.2, 0.25) is 17.7 Å². The summed E-state index contributed by atoms with van der Waals surface area (Å²) >= 11 is 0. The topological polar surface area (TPSA) is 204 Å². The van der Waals surface area contributed by atoms with Gasteiger partial charge in [-0.25, -0.2) is 9.59 Å². The fourth-order valence-corrected chi connectivity index (χ4v) is 5.27. The molecule has 1 aliphatic carbocycles. The van der Waals surface area contributed by atoms with E-state index in [0.717, 1.165) is 22.3 Å². The van der Waals surface area contributed by atoms with E-state index < -0.39 is 47.5 Å². The predicted octanol–water partition coefficient (Wildman–Crippen LogP) is 4.41. The minimum Gasteiger partial charge on any atom is -0.449 e. The number of hydrogen-bond acceptors (Lipinski definition) is 10. The van der Waals surface area contributed by atoms with E-state index in [2.05, 4.69) is 21.3 Å². The number of carbonyl (C=O) groups excluding carboxylic acids is 5. The Bertz CT molecular complexity index is 1890. The summed E-state index contributed by atoms with van der Waals surface area (Å²) in [5, 5.41) is 20.6. The molecule has 4 N–H and O–H groups in total. The van der Waals surface area contributed by atoms with Crippen molar-refractivity contribution in [3.8, 4) is 16.9 Å². The molecular formula is C36H33N5O10. The number of fused-ring (bicyclic) bond motifs is 3. The maximum Gasteiger partial charge on any atom is 0.514 e.